The van der Waals surface area contributed by atoms with Crippen molar-refractivity contribution in [3.63, 3.8) is 0 Å². The lowest BCUT2D eigenvalue weighted by Gasteiger charge is -2.32. The van der Waals surface area contributed by atoms with E-state index in [-0.39, 0.29) is 18.3 Å². The van der Waals surface area contributed by atoms with E-state index in [0.717, 1.165) is 40.1 Å². The van der Waals surface area contributed by atoms with E-state index in [1.54, 1.807) is 9.58 Å². The van der Waals surface area contributed by atoms with Crippen molar-refractivity contribution in [2.45, 2.75) is 19.9 Å². The van der Waals surface area contributed by atoms with Crippen LogP contribution in [-0.2, 0) is 4.79 Å². The number of nitrogens with zero attached hydrogens (tertiary/aromatic N) is 5. The van der Waals surface area contributed by atoms with Crippen molar-refractivity contribution < 1.29 is 13.6 Å². The minimum Gasteiger partial charge on any atom is -0.324 e. The first-order chi connectivity index (χ1) is 16.9. The van der Waals surface area contributed by atoms with Gasteiger partial charge >= 0.3 is 0 Å². The zero-order valence-electron chi connectivity index (χ0n) is 19.1. The highest BCUT2D eigenvalue weighted by atomic mass is 19.2. The second-order valence-electron chi connectivity index (χ2n) is 8.46. The van der Waals surface area contributed by atoms with Gasteiger partial charge in [0, 0.05) is 11.8 Å². The van der Waals surface area contributed by atoms with Crippen LogP contribution in [0.3, 0.4) is 0 Å². The maximum atomic E-state index is 13.6. The van der Waals surface area contributed by atoms with Crippen LogP contribution in [0.15, 0.2) is 72.8 Å². The fourth-order valence-electron chi connectivity index (χ4n) is 4.02. The van der Waals surface area contributed by atoms with Crippen molar-refractivity contribution in [2.24, 2.45) is 0 Å². The molecule has 3 aromatic carbocycles. The van der Waals surface area contributed by atoms with Crippen molar-refractivity contribution in [2.75, 3.05) is 16.8 Å². The molecule has 0 saturated heterocycles. The number of fused-ring (bicyclic) bond motifs is 1. The summed E-state index contributed by atoms with van der Waals surface area (Å²) in [6, 6.07) is 19.0. The molecule has 0 radical (unpaired) electrons. The van der Waals surface area contributed by atoms with Gasteiger partial charge in [-0.25, -0.2) is 8.78 Å². The molecule has 4 aromatic rings. The summed E-state index contributed by atoms with van der Waals surface area (Å²) in [5.41, 5.74) is 5.05. The molecule has 0 fully saturated rings. The number of allylic oxidation sites excluding steroid dienone is 1. The van der Waals surface area contributed by atoms with Crippen LogP contribution in [0.25, 0.3) is 5.70 Å². The Labute approximate surface area is 200 Å². The van der Waals surface area contributed by atoms with Gasteiger partial charge in [-0.1, -0.05) is 64.8 Å². The number of rotatable bonds is 5. The normalized spacial score (nSPS) is 14.9. The van der Waals surface area contributed by atoms with Crippen molar-refractivity contribution in [1.29, 1.82) is 0 Å². The van der Waals surface area contributed by atoms with Crippen LogP contribution in [0.5, 0.6) is 0 Å². The lowest BCUT2D eigenvalue weighted by molar-refractivity contribution is -0.114. The fraction of sp³-hybridized carbons (Fsp3) is 0.154. The standard InChI is InChI=1S/C26H22F2N6O/c1-16-3-7-18(8-4-16)23-14-24(19-9-5-17(2)6-10-19)34-26(30-31-32-34)33(23)15-25(35)29-20-11-12-21(27)22(28)13-20/h3-14,24H,15H2,1-2H3,(H,29,35). The van der Waals surface area contributed by atoms with E-state index in [4.69, 9.17) is 0 Å². The molecule has 7 nitrogen and oxygen atoms in total. The van der Waals surface area contributed by atoms with Crippen LogP contribution in [-0.4, -0.2) is 32.7 Å². The van der Waals surface area contributed by atoms with Gasteiger partial charge in [-0.05, 0) is 53.6 Å². The van der Waals surface area contributed by atoms with Gasteiger partial charge in [0.1, 0.15) is 12.6 Å². The molecule has 1 unspecified atom stereocenters. The van der Waals surface area contributed by atoms with Crippen LogP contribution in [0.4, 0.5) is 20.4 Å². The number of carbonyl (C=O) groups excluding carboxylic acids is 1. The van der Waals surface area contributed by atoms with E-state index in [0.29, 0.717) is 5.95 Å². The highest BCUT2D eigenvalue weighted by molar-refractivity contribution is 5.97. The number of hydrogen-bond donors (Lipinski definition) is 1. The number of carbonyl (C=O) groups is 1. The third-order valence-corrected chi connectivity index (χ3v) is 5.86. The minimum atomic E-state index is -1.04. The monoisotopic (exact) mass is 472 g/mol. The fourth-order valence-corrected chi connectivity index (χ4v) is 4.02. The third kappa shape index (κ3) is 4.52. The lowest BCUT2D eigenvalue weighted by Crippen LogP contribution is -2.37. The topological polar surface area (TPSA) is 75.9 Å². The van der Waals surface area contributed by atoms with E-state index in [1.165, 1.54) is 6.07 Å². The lowest BCUT2D eigenvalue weighted by atomic mass is 9.99. The molecular weight excluding hydrogens is 450 g/mol. The Balaban J connectivity index is 1.52. The first-order valence-corrected chi connectivity index (χ1v) is 11.0. The first-order valence-electron chi connectivity index (χ1n) is 11.0. The van der Waals surface area contributed by atoms with Crippen LogP contribution in [0, 0.1) is 25.5 Å². The Hall–Kier alpha value is -4.40. The van der Waals surface area contributed by atoms with Gasteiger partial charge in [-0.15, -0.1) is 0 Å². The molecule has 0 saturated carbocycles. The molecule has 35 heavy (non-hydrogen) atoms. The molecule has 2 heterocycles. The number of aromatic nitrogens is 4. The van der Waals surface area contributed by atoms with Crippen LogP contribution in [0.2, 0.25) is 0 Å². The van der Waals surface area contributed by atoms with Crippen LogP contribution in [0.1, 0.15) is 28.3 Å². The van der Waals surface area contributed by atoms with E-state index >= 15 is 0 Å². The largest absolute Gasteiger partial charge is 0.324 e. The maximum Gasteiger partial charge on any atom is 0.251 e. The van der Waals surface area contributed by atoms with Crippen molar-refractivity contribution in [1.82, 2.24) is 20.2 Å². The van der Waals surface area contributed by atoms with Crippen LogP contribution >= 0.6 is 0 Å². The SMILES string of the molecule is Cc1ccc(C2=CC(c3ccc(C)cc3)n3nnnc3N2CC(=O)Nc2ccc(F)c(F)c2)cc1. The number of halogens is 2. The number of tetrazole rings is 1. The van der Waals surface area contributed by atoms with Crippen molar-refractivity contribution in [3.05, 3.63) is 107 Å². The molecular formula is C26H22F2N6O. The summed E-state index contributed by atoms with van der Waals surface area (Å²) in [6.07, 6.45) is 2.02. The average molecular weight is 472 g/mol. The highest BCUT2D eigenvalue weighted by Gasteiger charge is 2.32. The molecule has 0 bridgehead atoms. The average Bonchev–Trinajstić information content (AvgIpc) is 3.33. The van der Waals surface area contributed by atoms with E-state index in [9.17, 15) is 13.6 Å². The number of hydrogen-bond acceptors (Lipinski definition) is 5. The zero-order valence-corrected chi connectivity index (χ0v) is 19.1. The van der Waals surface area contributed by atoms with Crippen LogP contribution < -0.4 is 10.2 Å². The number of benzene rings is 3. The number of anilines is 2. The van der Waals surface area contributed by atoms with Crippen molar-refractivity contribution >= 4 is 23.2 Å². The van der Waals surface area contributed by atoms with Gasteiger partial charge in [0.25, 0.3) is 5.95 Å². The Morgan fingerprint density at radius 2 is 1.63 bits per heavy atom. The molecule has 1 aliphatic rings. The predicted octanol–water partition coefficient (Wildman–Crippen LogP) is 4.66. The molecule has 1 atom stereocenters. The molecule has 0 aliphatic carbocycles. The zero-order chi connectivity index (χ0) is 24.5. The molecule has 1 aliphatic heterocycles. The minimum absolute atomic E-state index is 0.139. The molecule has 1 N–H and O–H groups in total. The summed E-state index contributed by atoms with van der Waals surface area (Å²) >= 11 is 0. The summed E-state index contributed by atoms with van der Waals surface area (Å²) in [6.45, 7) is 3.88. The Morgan fingerprint density at radius 1 is 0.943 bits per heavy atom. The van der Waals surface area contributed by atoms with Gasteiger partial charge in [0.05, 0.1) is 5.70 Å². The summed E-state index contributed by atoms with van der Waals surface area (Å²) in [5.74, 6) is -2.05. The quantitative estimate of drug-likeness (QED) is 0.457. The first kappa shape index (κ1) is 22.4. The summed E-state index contributed by atoms with van der Waals surface area (Å²) in [4.78, 5) is 14.7. The Morgan fingerprint density at radius 3 is 2.31 bits per heavy atom. The number of aryl methyl sites for hydroxylation is 2. The van der Waals surface area contributed by atoms with Gasteiger partial charge in [0.2, 0.25) is 5.91 Å². The third-order valence-electron chi connectivity index (χ3n) is 5.86. The molecule has 9 heteroatoms. The van der Waals surface area contributed by atoms with E-state index in [2.05, 4.69) is 20.8 Å². The molecule has 176 valence electrons. The van der Waals surface area contributed by atoms with Gasteiger partial charge in [0.15, 0.2) is 11.6 Å². The summed E-state index contributed by atoms with van der Waals surface area (Å²) < 4.78 is 28.5. The van der Waals surface area contributed by atoms with Gasteiger partial charge in [-0.2, -0.15) is 4.68 Å². The second-order valence-corrected chi connectivity index (χ2v) is 8.46. The Bertz CT molecular complexity index is 1410. The maximum absolute atomic E-state index is 13.6. The van der Waals surface area contributed by atoms with E-state index < -0.39 is 17.5 Å². The molecule has 5 rings (SSSR count). The van der Waals surface area contributed by atoms with Gasteiger partial charge < -0.3 is 5.32 Å². The van der Waals surface area contributed by atoms with E-state index in [1.807, 2.05) is 68.5 Å². The molecule has 1 amide bonds. The number of nitrogens with one attached hydrogen (secondary N) is 1. The second kappa shape index (κ2) is 9.09. The molecule has 1 aromatic heterocycles. The summed E-state index contributed by atoms with van der Waals surface area (Å²) in [7, 11) is 0. The smallest absolute Gasteiger partial charge is 0.251 e. The highest BCUT2D eigenvalue weighted by Crippen LogP contribution is 2.36. The summed E-state index contributed by atoms with van der Waals surface area (Å²) in [5, 5.41) is 14.9. The van der Waals surface area contributed by atoms with Gasteiger partial charge in [-0.3, -0.25) is 9.69 Å². The van der Waals surface area contributed by atoms with Crippen molar-refractivity contribution in [3.8, 4) is 0 Å². The number of amides is 1. The molecule has 0 spiro atoms. The Kier molecular flexibility index (Phi) is 5.82. The predicted molar refractivity (Wildman–Crippen MR) is 129 cm³/mol.